The first-order chi connectivity index (χ1) is 7.97. The van der Waals surface area contributed by atoms with Crippen molar-refractivity contribution in [1.29, 1.82) is 0 Å². The van der Waals surface area contributed by atoms with E-state index >= 15 is 0 Å². The van der Waals surface area contributed by atoms with Crippen molar-refractivity contribution in [2.75, 3.05) is 6.61 Å². The molecule has 0 aromatic heterocycles. The van der Waals surface area contributed by atoms with Crippen LogP contribution < -0.4 is 0 Å². The van der Waals surface area contributed by atoms with Gasteiger partial charge in [0.15, 0.2) is 0 Å². The smallest absolute Gasteiger partial charge is 0.321 e. The van der Waals surface area contributed by atoms with Gasteiger partial charge in [-0.15, -0.1) is 0 Å². The highest BCUT2D eigenvalue weighted by atomic mass is 79.9. The zero-order valence-electron chi connectivity index (χ0n) is 8.92. The van der Waals surface area contributed by atoms with E-state index in [1.807, 2.05) is 0 Å². The maximum absolute atomic E-state index is 13.5. The number of esters is 1. The standard InChI is InChI=1S/C11H10Br2F2O2/c1-2-17-11(16)10(13)9(12)7-4-3-6(14)5-8(7)15/h3-5,9-10H,2H2,1H3. The van der Waals surface area contributed by atoms with Gasteiger partial charge in [0, 0.05) is 11.6 Å². The number of alkyl halides is 2. The molecular formula is C11H10Br2F2O2. The highest BCUT2D eigenvalue weighted by molar-refractivity contribution is 9.12. The van der Waals surface area contributed by atoms with Crippen molar-refractivity contribution in [3.05, 3.63) is 35.4 Å². The quantitative estimate of drug-likeness (QED) is 0.595. The van der Waals surface area contributed by atoms with Crippen LogP contribution >= 0.6 is 31.9 Å². The first-order valence-corrected chi connectivity index (χ1v) is 6.70. The summed E-state index contributed by atoms with van der Waals surface area (Å²) in [6, 6.07) is 3.20. The van der Waals surface area contributed by atoms with Gasteiger partial charge in [-0.05, 0) is 13.0 Å². The third-order valence-corrected chi connectivity index (χ3v) is 4.66. The zero-order valence-corrected chi connectivity index (χ0v) is 12.1. The average Bonchev–Trinajstić information content (AvgIpc) is 2.27. The Bertz CT molecular complexity index is 412. The van der Waals surface area contributed by atoms with E-state index in [2.05, 4.69) is 31.9 Å². The molecule has 0 fully saturated rings. The largest absolute Gasteiger partial charge is 0.465 e. The fourth-order valence-corrected chi connectivity index (χ4v) is 2.23. The monoisotopic (exact) mass is 370 g/mol. The molecule has 2 atom stereocenters. The topological polar surface area (TPSA) is 26.3 Å². The third-order valence-electron chi connectivity index (χ3n) is 2.03. The van der Waals surface area contributed by atoms with Gasteiger partial charge in [0.05, 0.1) is 11.4 Å². The lowest BCUT2D eigenvalue weighted by Gasteiger charge is -2.16. The zero-order chi connectivity index (χ0) is 13.0. The predicted octanol–water partition coefficient (Wildman–Crippen LogP) is 3.73. The van der Waals surface area contributed by atoms with E-state index in [0.29, 0.717) is 0 Å². The summed E-state index contributed by atoms with van der Waals surface area (Å²) >= 11 is 6.30. The van der Waals surface area contributed by atoms with E-state index in [1.165, 1.54) is 6.07 Å². The Balaban J connectivity index is 2.88. The molecule has 0 radical (unpaired) electrons. The van der Waals surface area contributed by atoms with E-state index in [9.17, 15) is 13.6 Å². The molecule has 1 rings (SSSR count). The van der Waals surface area contributed by atoms with Gasteiger partial charge in [-0.1, -0.05) is 37.9 Å². The molecule has 0 saturated carbocycles. The minimum absolute atomic E-state index is 0.196. The molecular weight excluding hydrogens is 362 g/mol. The lowest BCUT2D eigenvalue weighted by atomic mass is 10.1. The van der Waals surface area contributed by atoms with Crippen molar-refractivity contribution in [3.8, 4) is 0 Å². The Morgan fingerprint density at radius 3 is 2.59 bits per heavy atom. The lowest BCUT2D eigenvalue weighted by Crippen LogP contribution is -2.22. The summed E-state index contributed by atoms with van der Waals surface area (Å²) in [6.07, 6.45) is 0. The summed E-state index contributed by atoms with van der Waals surface area (Å²) in [6.45, 7) is 1.92. The van der Waals surface area contributed by atoms with Crippen molar-refractivity contribution < 1.29 is 18.3 Å². The molecule has 6 heteroatoms. The molecule has 0 N–H and O–H groups in total. The molecule has 17 heavy (non-hydrogen) atoms. The maximum Gasteiger partial charge on any atom is 0.321 e. The second-order valence-electron chi connectivity index (χ2n) is 3.22. The Morgan fingerprint density at radius 2 is 2.06 bits per heavy atom. The Kier molecular flexibility index (Phi) is 5.52. The van der Waals surface area contributed by atoms with E-state index < -0.39 is 27.3 Å². The van der Waals surface area contributed by atoms with Crippen molar-refractivity contribution in [2.45, 2.75) is 16.6 Å². The van der Waals surface area contributed by atoms with Crippen LogP contribution in [-0.2, 0) is 9.53 Å². The van der Waals surface area contributed by atoms with Crippen LogP contribution in [-0.4, -0.2) is 17.4 Å². The molecule has 0 aliphatic carbocycles. The van der Waals surface area contributed by atoms with E-state index in [4.69, 9.17) is 4.74 Å². The first-order valence-electron chi connectivity index (χ1n) is 4.87. The molecule has 0 spiro atoms. The summed E-state index contributed by atoms with van der Waals surface area (Å²) < 4.78 is 31.0. The van der Waals surface area contributed by atoms with Gasteiger partial charge in [-0.25, -0.2) is 8.78 Å². The molecule has 0 heterocycles. The van der Waals surface area contributed by atoms with Crippen LogP contribution in [0.3, 0.4) is 0 Å². The fourth-order valence-electron chi connectivity index (χ4n) is 1.22. The van der Waals surface area contributed by atoms with Crippen LogP contribution in [0.5, 0.6) is 0 Å². The van der Waals surface area contributed by atoms with Crippen LogP contribution in [0, 0.1) is 11.6 Å². The van der Waals surface area contributed by atoms with Gasteiger partial charge in [0.25, 0.3) is 0 Å². The van der Waals surface area contributed by atoms with Gasteiger partial charge < -0.3 is 4.74 Å². The van der Waals surface area contributed by atoms with E-state index in [1.54, 1.807) is 6.92 Å². The number of hydrogen-bond acceptors (Lipinski definition) is 2. The van der Waals surface area contributed by atoms with Crippen LogP contribution in [0.4, 0.5) is 8.78 Å². The van der Waals surface area contributed by atoms with Gasteiger partial charge in [0.1, 0.15) is 16.5 Å². The normalized spacial score (nSPS) is 14.2. The average molecular weight is 372 g/mol. The molecule has 2 unspecified atom stereocenters. The Morgan fingerprint density at radius 1 is 1.41 bits per heavy atom. The molecule has 1 aromatic carbocycles. The van der Waals surface area contributed by atoms with E-state index in [-0.39, 0.29) is 12.2 Å². The molecule has 2 nitrogen and oxygen atoms in total. The molecule has 0 amide bonds. The van der Waals surface area contributed by atoms with E-state index in [0.717, 1.165) is 12.1 Å². The Hall–Kier alpha value is -0.490. The highest BCUT2D eigenvalue weighted by Gasteiger charge is 2.28. The van der Waals surface area contributed by atoms with Crippen molar-refractivity contribution in [1.82, 2.24) is 0 Å². The fraction of sp³-hybridized carbons (Fsp3) is 0.364. The minimum Gasteiger partial charge on any atom is -0.465 e. The Labute approximate surface area is 115 Å². The van der Waals surface area contributed by atoms with Crippen LogP contribution in [0.1, 0.15) is 17.3 Å². The number of carbonyl (C=O) groups is 1. The van der Waals surface area contributed by atoms with Gasteiger partial charge in [0.2, 0.25) is 0 Å². The summed E-state index contributed by atoms with van der Waals surface area (Å²) in [5.74, 6) is -1.87. The molecule has 94 valence electrons. The summed E-state index contributed by atoms with van der Waals surface area (Å²) in [4.78, 5) is 10.1. The number of hydrogen-bond donors (Lipinski definition) is 0. The first kappa shape index (κ1) is 14.6. The number of benzene rings is 1. The highest BCUT2D eigenvalue weighted by Crippen LogP contribution is 2.33. The second-order valence-corrected chi connectivity index (χ2v) is 5.19. The van der Waals surface area contributed by atoms with Crippen molar-refractivity contribution in [2.24, 2.45) is 0 Å². The molecule has 0 bridgehead atoms. The van der Waals surface area contributed by atoms with Gasteiger partial charge in [-0.2, -0.15) is 0 Å². The molecule has 0 aliphatic rings. The van der Waals surface area contributed by atoms with Crippen molar-refractivity contribution >= 4 is 37.8 Å². The number of ether oxygens (including phenoxy) is 1. The molecule has 0 saturated heterocycles. The lowest BCUT2D eigenvalue weighted by molar-refractivity contribution is -0.142. The van der Waals surface area contributed by atoms with Crippen LogP contribution in [0.2, 0.25) is 0 Å². The number of carbonyl (C=O) groups excluding carboxylic acids is 1. The SMILES string of the molecule is CCOC(=O)C(Br)C(Br)c1ccc(F)cc1F. The summed E-state index contributed by atoms with van der Waals surface area (Å²) in [5, 5.41) is 0. The maximum atomic E-state index is 13.5. The van der Waals surface area contributed by atoms with Crippen LogP contribution in [0.15, 0.2) is 18.2 Å². The number of rotatable bonds is 4. The predicted molar refractivity (Wildman–Crippen MR) is 67.4 cm³/mol. The van der Waals surface area contributed by atoms with Crippen molar-refractivity contribution in [3.63, 3.8) is 0 Å². The molecule has 1 aromatic rings. The third kappa shape index (κ3) is 3.74. The molecule has 0 aliphatic heterocycles. The van der Waals surface area contributed by atoms with Gasteiger partial charge >= 0.3 is 5.97 Å². The number of halogens is 4. The van der Waals surface area contributed by atoms with Crippen LogP contribution in [0.25, 0.3) is 0 Å². The minimum atomic E-state index is -0.734. The summed E-state index contributed by atoms with van der Waals surface area (Å²) in [5.41, 5.74) is 0.196. The summed E-state index contributed by atoms with van der Waals surface area (Å²) in [7, 11) is 0. The second kappa shape index (κ2) is 6.44. The van der Waals surface area contributed by atoms with Gasteiger partial charge in [-0.3, -0.25) is 4.79 Å².